The molecule has 0 aliphatic rings. The molecule has 0 spiro atoms. The van der Waals surface area contributed by atoms with Crippen molar-refractivity contribution in [2.45, 2.75) is 25.8 Å². The van der Waals surface area contributed by atoms with Crippen molar-refractivity contribution in [3.05, 3.63) is 47.5 Å². The molecule has 1 nitrogen and oxygen atoms in total. The molecular formula is C12H15F2N. The Bertz CT molecular complexity index is 340. The van der Waals surface area contributed by atoms with Crippen LogP contribution in [0.3, 0.4) is 0 Å². The zero-order valence-electron chi connectivity index (χ0n) is 8.76. The van der Waals surface area contributed by atoms with Crippen LogP contribution in [0.1, 0.15) is 31.4 Å². The van der Waals surface area contributed by atoms with Crippen molar-refractivity contribution in [2.75, 3.05) is 0 Å². The molecule has 0 aliphatic carbocycles. The molecule has 1 aromatic rings. The lowest BCUT2D eigenvalue weighted by atomic mass is 9.98. The van der Waals surface area contributed by atoms with E-state index in [2.05, 4.69) is 6.58 Å². The van der Waals surface area contributed by atoms with Gasteiger partial charge in [-0.2, -0.15) is 0 Å². The second-order valence-corrected chi connectivity index (χ2v) is 3.55. The summed E-state index contributed by atoms with van der Waals surface area (Å²) in [6, 6.07) is 3.11. The zero-order chi connectivity index (χ0) is 11.4. The van der Waals surface area contributed by atoms with E-state index < -0.39 is 17.7 Å². The Balaban J connectivity index is 2.90. The molecule has 15 heavy (non-hydrogen) atoms. The highest BCUT2D eigenvalue weighted by Gasteiger charge is 2.16. The molecule has 1 unspecified atom stereocenters. The lowest BCUT2D eigenvalue weighted by molar-refractivity contribution is 0.522. The van der Waals surface area contributed by atoms with Crippen LogP contribution in [0.2, 0.25) is 0 Å². The van der Waals surface area contributed by atoms with E-state index in [-0.39, 0.29) is 5.56 Å². The minimum atomic E-state index is -0.654. The highest BCUT2D eigenvalue weighted by Crippen LogP contribution is 2.24. The first-order valence-corrected chi connectivity index (χ1v) is 4.92. The number of nitrogens with two attached hydrogens (primary N) is 1. The fraction of sp³-hybridized carbons (Fsp3) is 0.333. The Labute approximate surface area is 88.6 Å². The summed E-state index contributed by atoms with van der Waals surface area (Å²) in [5.74, 6) is -1.18. The zero-order valence-corrected chi connectivity index (χ0v) is 8.76. The van der Waals surface area contributed by atoms with Crippen LogP contribution in [0.5, 0.6) is 0 Å². The Hall–Kier alpha value is -1.22. The lowest BCUT2D eigenvalue weighted by Crippen LogP contribution is -2.14. The normalized spacial score (nSPS) is 12.5. The first-order valence-electron chi connectivity index (χ1n) is 4.92. The van der Waals surface area contributed by atoms with E-state index in [1.54, 1.807) is 0 Å². The van der Waals surface area contributed by atoms with Gasteiger partial charge in [0.25, 0.3) is 0 Å². The molecule has 0 amide bonds. The lowest BCUT2D eigenvalue weighted by Gasteiger charge is -2.14. The van der Waals surface area contributed by atoms with Crippen molar-refractivity contribution >= 4 is 0 Å². The van der Waals surface area contributed by atoms with Crippen LogP contribution in [0, 0.1) is 11.6 Å². The molecule has 0 aromatic heterocycles. The van der Waals surface area contributed by atoms with E-state index >= 15 is 0 Å². The fourth-order valence-corrected chi connectivity index (χ4v) is 1.42. The number of benzene rings is 1. The molecule has 1 rings (SSSR count). The third-order valence-corrected chi connectivity index (χ3v) is 2.38. The first-order chi connectivity index (χ1) is 7.06. The molecule has 3 heteroatoms. The minimum absolute atomic E-state index is 0.0490. The van der Waals surface area contributed by atoms with Gasteiger partial charge in [0.05, 0.1) is 0 Å². The standard InChI is InChI=1S/C12H15F2N/c1-3-8(2)7-11(15)12-9(13)5-4-6-10(12)14/h4-6,11H,2-3,7,15H2,1H3. The Morgan fingerprint density at radius 1 is 1.40 bits per heavy atom. The van der Waals surface area contributed by atoms with E-state index in [0.717, 1.165) is 12.0 Å². The smallest absolute Gasteiger partial charge is 0.130 e. The Morgan fingerprint density at radius 2 is 1.93 bits per heavy atom. The van der Waals surface area contributed by atoms with Gasteiger partial charge < -0.3 is 5.73 Å². The van der Waals surface area contributed by atoms with E-state index in [1.807, 2.05) is 6.92 Å². The summed E-state index contributed by atoms with van der Waals surface area (Å²) in [4.78, 5) is 0. The topological polar surface area (TPSA) is 26.0 Å². The monoisotopic (exact) mass is 211 g/mol. The molecule has 82 valence electrons. The first kappa shape index (κ1) is 11.9. The van der Waals surface area contributed by atoms with Gasteiger partial charge in [0.2, 0.25) is 0 Å². The summed E-state index contributed by atoms with van der Waals surface area (Å²) in [6.45, 7) is 5.71. The Morgan fingerprint density at radius 3 is 2.40 bits per heavy atom. The van der Waals surface area contributed by atoms with E-state index in [1.165, 1.54) is 18.2 Å². The summed E-state index contributed by atoms with van der Waals surface area (Å²) in [7, 11) is 0. The van der Waals surface area contributed by atoms with Crippen LogP contribution >= 0.6 is 0 Å². The van der Waals surface area contributed by atoms with Crippen LogP contribution in [-0.4, -0.2) is 0 Å². The maximum Gasteiger partial charge on any atom is 0.130 e. The average molecular weight is 211 g/mol. The molecule has 0 fully saturated rings. The van der Waals surface area contributed by atoms with Crippen molar-refractivity contribution < 1.29 is 8.78 Å². The van der Waals surface area contributed by atoms with Crippen LogP contribution in [0.25, 0.3) is 0 Å². The van der Waals surface area contributed by atoms with Crippen LogP contribution in [0.15, 0.2) is 30.4 Å². The van der Waals surface area contributed by atoms with Gasteiger partial charge in [-0.1, -0.05) is 25.1 Å². The number of hydrogen-bond acceptors (Lipinski definition) is 1. The maximum absolute atomic E-state index is 13.3. The molecule has 1 aromatic carbocycles. The Kier molecular flexibility index (Phi) is 3.97. The van der Waals surface area contributed by atoms with Gasteiger partial charge in [-0.05, 0) is 25.0 Å². The van der Waals surface area contributed by atoms with Crippen LogP contribution < -0.4 is 5.73 Å². The molecule has 0 aliphatic heterocycles. The molecule has 0 saturated carbocycles. The molecule has 0 bridgehead atoms. The largest absolute Gasteiger partial charge is 0.324 e. The van der Waals surface area contributed by atoms with Gasteiger partial charge in [-0.15, -0.1) is 0 Å². The number of halogens is 2. The second kappa shape index (κ2) is 5.03. The highest BCUT2D eigenvalue weighted by molar-refractivity contribution is 5.24. The molecule has 0 saturated heterocycles. The fourth-order valence-electron chi connectivity index (χ4n) is 1.42. The van der Waals surface area contributed by atoms with Gasteiger partial charge in [0, 0.05) is 11.6 Å². The summed E-state index contributed by atoms with van der Waals surface area (Å²) < 4.78 is 26.6. The summed E-state index contributed by atoms with van der Waals surface area (Å²) in [5.41, 5.74) is 6.58. The minimum Gasteiger partial charge on any atom is -0.324 e. The molecular weight excluding hydrogens is 196 g/mol. The molecule has 0 heterocycles. The quantitative estimate of drug-likeness (QED) is 0.759. The molecule has 1 atom stereocenters. The van der Waals surface area contributed by atoms with Crippen molar-refractivity contribution in [3.8, 4) is 0 Å². The second-order valence-electron chi connectivity index (χ2n) is 3.55. The summed E-state index contributed by atoms with van der Waals surface area (Å²) >= 11 is 0. The van der Waals surface area contributed by atoms with Gasteiger partial charge in [0.15, 0.2) is 0 Å². The summed E-state index contributed by atoms with van der Waals surface area (Å²) in [5, 5.41) is 0. The predicted octanol–water partition coefficient (Wildman–Crippen LogP) is 3.32. The highest BCUT2D eigenvalue weighted by atomic mass is 19.1. The van der Waals surface area contributed by atoms with Crippen LogP contribution in [0.4, 0.5) is 8.78 Å². The SMILES string of the molecule is C=C(CC)CC(N)c1c(F)cccc1F. The predicted molar refractivity (Wildman–Crippen MR) is 57.3 cm³/mol. The van der Waals surface area contributed by atoms with Crippen molar-refractivity contribution in [3.63, 3.8) is 0 Å². The van der Waals surface area contributed by atoms with Crippen molar-refractivity contribution in [1.29, 1.82) is 0 Å². The van der Waals surface area contributed by atoms with E-state index in [9.17, 15) is 8.78 Å². The van der Waals surface area contributed by atoms with Crippen molar-refractivity contribution in [1.82, 2.24) is 0 Å². The third-order valence-electron chi connectivity index (χ3n) is 2.38. The van der Waals surface area contributed by atoms with Crippen molar-refractivity contribution in [2.24, 2.45) is 5.73 Å². The number of rotatable bonds is 4. The van der Waals surface area contributed by atoms with Gasteiger partial charge >= 0.3 is 0 Å². The van der Waals surface area contributed by atoms with Gasteiger partial charge in [-0.25, -0.2) is 8.78 Å². The van der Waals surface area contributed by atoms with Crippen LogP contribution in [-0.2, 0) is 0 Å². The van der Waals surface area contributed by atoms with E-state index in [4.69, 9.17) is 5.73 Å². The molecule has 2 N–H and O–H groups in total. The van der Waals surface area contributed by atoms with E-state index in [0.29, 0.717) is 6.42 Å². The third kappa shape index (κ3) is 2.86. The number of hydrogen-bond donors (Lipinski definition) is 1. The average Bonchev–Trinajstić information content (AvgIpc) is 2.17. The maximum atomic E-state index is 13.3. The molecule has 0 radical (unpaired) electrons. The summed E-state index contributed by atoms with van der Waals surface area (Å²) in [6.07, 6.45) is 1.18. The van der Waals surface area contributed by atoms with Gasteiger partial charge in [-0.3, -0.25) is 0 Å². The van der Waals surface area contributed by atoms with Gasteiger partial charge in [0.1, 0.15) is 11.6 Å².